The van der Waals surface area contributed by atoms with Crippen LogP contribution in [-0.4, -0.2) is 48.9 Å². The van der Waals surface area contributed by atoms with Crippen LogP contribution in [0.25, 0.3) is 0 Å². The molecule has 3 heterocycles. The van der Waals surface area contributed by atoms with Gasteiger partial charge in [-0.2, -0.15) is 25.9 Å². The van der Waals surface area contributed by atoms with Crippen molar-refractivity contribution in [3.05, 3.63) is 47.8 Å². The predicted octanol–water partition coefficient (Wildman–Crippen LogP) is 2.54. The van der Waals surface area contributed by atoms with Crippen molar-refractivity contribution >= 4 is 21.8 Å². The molecular weight excluding hydrogens is 395 g/mol. The van der Waals surface area contributed by atoms with Crippen LogP contribution in [0.3, 0.4) is 0 Å². The molecule has 152 valence electrons. The predicted molar refractivity (Wildman–Crippen MR) is 99.2 cm³/mol. The number of nitrogens with one attached hydrogen (secondary N) is 1. The van der Waals surface area contributed by atoms with Gasteiger partial charge in [-0.05, 0) is 30.7 Å². The maximum absolute atomic E-state index is 13.2. The molecule has 1 saturated heterocycles. The van der Waals surface area contributed by atoms with Gasteiger partial charge in [-0.25, -0.2) is 9.97 Å². The van der Waals surface area contributed by atoms with E-state index in [1.165, 1.54) is 21.5 Å². The molecule has 1 fully saturated rings. The van der Waals surface area contributed by atoms with Crippen molar-refractivity contribution in [1.29, 1.82) is 0 Å². The molecule has 0 amide bonds. The lowest BCUT2D eigenvalue weighted by Gasteiger charge is -2.35. The Morgan fingerprint density at radius 3 is 2.46 bits per heavy atom. The Morgan fingerprint density at radius 2 is 1.82 bits per heavy atom. The van der Waals surface area contributed by atoms with E-state index in [-0.39, 0.29) is 37.8 Å². The van der Waals surface area contributed by atoms with Gasteiger partial charge in [0.2, 0.25) is 0 Å². The van der Waals surface area contributed by atoms with Crippen molar-refractivity contribution in [2.24, 2.45) is 0 Å². The summed E-state index contributed by atoms with van der Waals surface area (Å²) < 4.78 is 68.3. The first-order valence-corrected chi connectivity index (χ1v) is 10.2. The molecule has 0 unspecified atom stereocenters. The fourth-order valence-electron chi connectivity index (χ4n) is 2.94. The summed E-state index contributed by atoms with van der Waals surface area (Å²) in [5.74, 6) is 0.0307. The van der Waals surface area contributed by atoms with Gasteiger partial charge < -0.3 is 4.90 Å². The van der Waals surface area contributed by atoms with Gasteiger partial charge in [0.15, 0.2) is 0 Å². The standard InChI is InChI=1S/C17H20F3N5O2S/c1-2-13-5-3-7-15(22-13)23-28(26,27)25-11-9-24(10-12-25)16-14(17(18,19)20)6-4-8-21-16/h3-8H,2,9-12H2,1H3,(H,22,23). The van der Waals surface area contributed by atoms with E-state index in [1.807, 2.05) is 6.92 Å². The van der Waals surface area contributed by atoms with Crippen LogP contribution in [0.5, 0.6) is 0 Å². The largest absolute Gasteiger partial charge is 0.419 e. The van der Waals surface area contributed by atoms with Crippen LogP contribution >= 0.6 is 0 Å². The molecule has 11 heteroatoms. The van der Waals surface area contributed by atoms with Crippen LogP contribution in [-0.2, 0) is 22.8 Å². The zero-order valence-corrected chi connectivity index (χ0v) is 16.0. The lowest BCUT2D eigenvalue weighted by atomic mass is 10.2. The van der Waals surface area contributed by atoms with E-state index in [9.17, 15) is 21.6 Å². The number of anilines is 2. The number of pyridine rings is 2. The average molecular weight is 415 g/mol. The second-order valence-corrected chi connectivity index (χ2v) is 7.90. The molecule has 2 aromatic heterocycles. The van der Waals surface area contributed by atoms with E-state index in [0.717, 1.165) is 11.8 Å². The first kappa shape index (κ1) is 20.3. The number of aromatic nitrogens is 2. The molecule has 0 aliphatic carbocycles. The highest BCUT2D eigenvalue weighted by Gasteiger charge is 2.37. The first-order valence-electron chi connectivity index (χ1n) is 8.71. The minimum Gasteiger partial charge on any atom is -0.353 e. The van der Waals surface area contributed by atoms with Crippen molar-refractivity contribution in [2.45, 2.75) is 19.5 Å². The zero-order chi connectivity index (χ0) is 20.4. The van der Waals surface area contributed by atoms with Gasteiger partial charge in [0.25, 0.3) is 0 Å². The summed E-state index contributed by atoms with van der Waals surface area (Å²) in [5, 5.41) is 0. The van der Waals surface area contributed by atoms with Gasteiger partial charge in [-0.1, -0.05) is 13.0 Å². The van der Waals surface area contributed by atoms with Gasteiger partial charge in [0.1, 0.15) is 11.6 Å². The third-order valence-corrected chi connectivity index (χ3v) is 5.88. The van der Waals surface area contributed by atoms with Crippen molar-refractivity contribution in [3.63, 3.8) is 0 Å². The van der Waals surface area contributed by atoms with E-state index in [0.29, 0.717) is 6.42 Å². The molecule has 2 aromatic rings. The molecule has 0 bridgehead atoms. The highest BCUT2D eigenvalue weighted by atomic mass is 32.2. The van der Waals surface area contributed by atoms with E-state index in [1.54, 1.807) is 18.2 Å². The summed E-state index contributed by atoms with van der Waals surface area (Å²) >= 11 is 0. The van der Waals surface area contributed by atoms with Gasteiger partial charge >= 0.3 is 16.4 Å². The number of rotatable bonds is 5. The summed E-state index contributed by atoms with van der Waals surface area (Å²) in [6, 6.07) is 7.26. The fourth-order valence-corrected chi connectivity index (χ4v) is 4.09. The number of nitrogens with zero attached hydrogens (tertiary/aromatic N) is 4. The summed E-state index contributed by atoms with van der Waals surface area (Å²) in [7, 11) is -3.85. The molecule has 1 N–H and O–H groups in total. The van der Waals surface area contributed by atoms with E-state index in [2.05, 4.69) is 14.7 Å². The van der Waals surface area contributed by atoms with Crippen molar-refractivity contribution in [1.82, 2.24) is 14.3 Å². The number of alkyl halides is 3. The van der Waals surface area contributed by atoms with Crippen molar-refractivity contribution < 1.29 is 21.6 Å². The first-order chi connectivity index (χ1) is 13.2. The molecule has 0 spiro atoms. The van der Waals surface area contributed by atoms with Crippen LogP contribution in [0.2, 0.25) is 0 Å². The minimum atomic E-state index is -4.52. The molecule has 0 radical (unpaired) electrons. The second kappa shape index (κ2) is 7.92. The molecule has 7 nitrogen and oxygen atoms in total. The highest BCUT2D eigenvalue weighted by molar-refractivity contribution is 7.90. The molecule has 3 rings (SSSR count). The van der Waals surface area contributed by atoms with E-state index < -0.39 is 21.9 Å². The Balaban J connectivity index is 1.70. The van der Waals surface area contributed by atoms with Gasteiger partial charge in [-0.15, -0.1) is 0 Å². The molecule has 0 aromatic carbocycles. The number of piperazine rings is 1. The SMILES string of the molecule is CCc1cccc(NS(=O)(=O)N2CCN(c3ncccc3C(F)(F)F)CC2)n1. The molecular formula is C17H20F3N5O2S. The van der Waals surface area contributed by atoms with Gasteiger partial charge in [0, 0.05) is 38.1 Å². The minimum absolute atomic E-state index is 0.0384. The Labute approximate surface area is 161 Å². The lowest BCUT2D eigenvalue weighted by molar-refractivity contribution is -0.137. The topological polar surface area (TPSA) is 78.4 Å². The summed E-state index contributed by atoms with van der Waals surface area (Å²) in [4.78, 5) is 9.51. The smallest absolute Gasteiger partial charge is 0.353 e. The molecule has 1 aliphatic rings. The quantitative estimate of drug-likeness (QED) is 0.812. The fraction of sp³-hybridized carbons (Fsp3) is 0.412. The molecule has 28 heavy (non-hydrogen) atoms. The number of hydrogen-bond acceptors (Lipinski definition) is 5. The summed E-state index contributed by atoms with van der Waals surface area (Å²) in [6.07, 6.45) is -2.56. The zero-order valence-electron chi connectivity index (χ0n) is 15.1. The highest BCUT2D eigenvalue weighted by Crippen LogP contribution is 2.35. The number of hydrogen-bond donors (Lipinski definition) is 1. The van der Waals surface area contributed by atoms with Crippen LogP contribution < -0.4 is 9.62 Å². The molecule has 0 atom stereocenters. The van der Waals surface area contributed by atoms with E-state index >= 15 is 0 Å². The Kier molecular flexibility index (Phi) is 5.75. The Hall–Kier alpha value is -2.40. The third kappa shape index (κ3) is 4.53. The Morgan fingerprint density at radius 1 is 1.11 bits per heavy atom. The van der Waals surface area contributed by atoms with Crippen LogP contribution in [0.1, 0.15) is 18.2 Å². The van der Waals surface area contributed by atoms with E-state index in [4.69, 9.17) is 0 Å². The maximum Gasteiger partial charge on any atom is 0.419 e. The summed E-state index contributed by atoms with van der Waals surface area (Å²) in [5.41, 5.74) is -0.0788. The van der Waals surface area contributed by atoms with Gasteiger partial charge in [0.05, 0.1) is 5.56 Å². The average Bonchev–Trinajstić information content (AvgIpc) is 2.67. The maximum atomic E-state index is 13.2. The lowest BCUT2D eigenvalue weighted by Crippen LogP contribution is -2.51. The van der Waals surface area contributed by atoms with Crippen LogP contribution in [0.15, 0.2) is 36.5 Å². The number of aryl methyl sites for hydroxylation is 1. The number of halogens is 3. The third-order valence-electron chi connectivity index (χ3n) is 4.37. The van der Waals surface area contributed by atoms with Crippen molar-refractivity contribution in [3.8, 4) is 0 Å². The second-order valence-electron chi connectivity index (χ2n) is 6.23. The summed E-state index contributed by atoms with van der Waals surface area (Å²) in [6.45, 7) is 2.19. The Bertz CT molecular complexity index is 928. The normalized spacial score (nSPS) is 16.2. The van der Waals surface area contributed by atoms with Crippen LogP contribution in [0.4, 0.5) is 24.8 Å². The van der Waals surface area contributed by atoms with Crippen molar-refractivity contribution in [2.75, 3.05) is 35.8 Å². The monoisotopic (exact) mass is 415 g/mol. The molecule has 1 aliphatic heterocycles. The van der Waals surface area contributed by atoms with Gasteiger partial charge in [-0.3, -0.25) is 4.72 Å². The molecule has 0 saturated carbocycles. The van der Waals surface area contributed by atoms with Crippen LogP contribution in [0, 0.1) is 0 Å².